The highest BCUT2D eigenvalue weighted by molar-refractivity contribution is 9.10. The van der Waals surface area contributed by atoms with Crippen molar-refractivity contribution in [1.29, 1.82) is 0 Å². The number of methoxy groups -OCH3 is 1. The topological polar surface area (TPSA) is 30.5 Å². The van der Waals surface area contributed by atoms with Crippen LogP contribution in [0.2, 0.25) is 0 Å². The minimum absolute atomic E-state index is 0.602. The van der Waals surface area contributed by atoms with E-state index in [0.29, 0.717) is 6.61 Å². The van der Waals surface area contributed by atoms with E-state index < -0.39 is 0 Å². The largest absolute Gasteiger partial charge is 0.493 e. The zero-order valence-corrected chi connectivity index (χ0v) is 12.5. The van der Waals surface area contributed by atoms with E-state index >= 15 is 0 Å². The van der Waals surface area contributed by atoms with Gasteiger partial charge in [0.05, 0.1) is 18.2 Å². The number of rotatable bonds is 8. The van der Waals surface area contributed by atoms with Gasteiger partial charge in [-0.05, 0) is 46.6 Å². The molecule has 0 aromatic heterocycles. The Balaban J connectivity index is 2.85. The van der Waals surface area contributed by atoms with Gasteiger partial charge in [0, 0.05) is 6.54 Å². The molecule has 1 aromatic rings. The summed E-state index contributed by atoms with van der Waals surface area (Å²) in [7, 11) is 1.65. The van der Waals surface area contributed by atoms with Crippen molar-refractivity contribution in [2.45, 2.75) is 19.9 Å². The first-order valence-electron chi connectivity index (χ1n) is 6.03. The number of ether oxygens (including phenoxy) is 2. The van der Waals surface area contributed by atoms with Gasteiger partial charge in [0.2, 0.25) is 0 Å². The lowest BCUT2D eigenvalue weighted by Crippen LogP contribution is -2.12. The van der Waals surface area contributed by atoms with Crippen LogP contribution in [0.15, 0.2) is 29.3 Å². The molecule has 3 nitrogen and oxygen atoms in total. The molecule has 0 bridgehead atoms. The average molecular weight is 314 g/mol. The van der Waals surface area contributed by atoms with Crippen molar-refractivity contribution in [2.24, 2.45) is 0 Å². The van der Waals surface area contributed by atoms with Gasteiger partial charge in [-0.25, -0.2) is 0 Å². The zero-order chi connectivity index (χ0) is 13.4. The van der Waals surface area contributed by atoms with E-state index in [2.05, 4.69) is 40.8 Å². The van der Waals surface area contributed by atoms with Crippen LogP contribution in [0.5, 0.6) is 11.5 Å². The normalized spacial score (nSPS) is 10.2. The van der Waals surface area contributed by atoms with Gasteiger partial charge in [-0.3, -0.25) is 0 Å². The maximum Gasteiger partial charge on any atom is 0.175 e. The number of hydrogen-bond donors (Lipinski definition) is 1. The molecule has 100 valence electrons. The molecule has 4 heteroatoms. The maximum atomic E-state index is 5.70. The molecule has 1 rings (SSSR count). The minimum Gasteiger partial charge on any atom is -0.493 e. The average Bonchev–Trinajstić information content (AvgIpc) is 2.38. The van der Waals surface area contributed by atoms with Crippen LogP contribution in [-0.4, -0.2) is 20.3 Å². The minimum atomic E-state index is 0.602. The van der Waals surface area contributed by atoms with Gasteiger partial charge in [-0.1, -0.05) is 13.0 Å². The van der Waals surface area contributed by atoms with Crippen molar-refractivity contribution in [3.8, 4) is 11.5 Å². The molecule has 1 N–H and O–H groups in total. The standard InChI is InChI=1S/C14H20BrNO2/c1-4-6-7-18-14-12(15)8-11(10-16-5-2)9-13(14)17-3/h4,8-9,16H,1,5-7,10H2,2-3H3. The fraction of sp³-hybridized carbons (Fsp3) is 0.429. The molecule has 0 heterocycles. The summed E-state index contributed by atoms with van der Waals surface area (Å²) in [6.07, 6.45) is 2.65. The second-order valence-corrected chi connectivity index (χ2v) is 4.67. The zero-order valence-electron chi connectivity index (χ0n) is 11.0. The van der Waals surface area contributed by atoms with Crippen LogP contribution in [0.4, 0.5) is 0 Å². The lowest BCUT2D eigenvalue weighted by molar-refractivity contribution is 0.297. The third kappa shape index (κ3) is 4.35. The molecular formula is C14H20BrNO2. The van der Waals surface area contributed by atoms with Crippen LogP contribution in [0.25, 0.3) is 0 Å². The first kappa shape index (κ1) is 15.1. The highest BCUT2D eigenvalue weighted by Crippen LogP contribution is 2.36. The molecular weight excluding hydrogens is 294 g/mol. The summed E-state index contributed by atoms with van der Waals surface area (Å²) in [5.74, 6) is 1.50. The van der Waals surface area contributed by atoms with Crippen molar-refractivity contribution in [2.75, 3.05) is 20.3 Å². The smallest absolute Gasteiger partial charge is 0.175 e. The molecule has 0 amide bonds. The van der Waals surface area contributed by atoms with Crippen molar-refractivity contribution in [1.82, 2.24) is 5.32 Å². The predicted octanol–water partition coefficient (Wildman–Crippen LogP) is 3.52. The van der Waals surface area contributed by atoms with Gasteiger partial charge < -0.3 is 14.8 Å². The fourth-order valence-electron chi connectivity index (χ4n) is 1.53. The van der Waals surface area contributed by atoms with Crippen LogP contribution in [0.1, 0.15) is 18.9 Å². The summed E-state index contributed by atoms with van der Waals surface area (Å²) in [5, 5.41) is 3.28. The van der Waals surface area contributed by atoms with E-state index in [-0.39, 0.29) is 0 Å². The molecule has 0 aliphatic rings. The summed E-state index contributed by atoms with van der Waals surface area (Å²) in [6, 6.07) is 4.05. The van der Waals surface area contributed by atoms with E-state index in [1.807, 2.05) is 12.1 Å². The molecule has 0 radical (unpaired) electrons. The Morgan fingerprint density at radius 1 is 1.44 bits per heavy atom. The second-order valence-electron chi connectivity index (χ2n) is 3.82. The Hall–Kier alpha value is -1.00. The van der Waals surface area contributed by atoms with Crippen LogP contribution in [0, 0.1) is 0 Å². The molecule has 1 aromatic carbocycles. The van der Waals surface area contributed by atoms with Crippen LogP contribution < -0.4 is 14.8 Å². The molecule has 0 fully saturated rings. The molecule has 0 aliphatic carbocycles. The Morgan fingerprint density at radius 3 is 2.83 bits per heavy atom. The van der Waals surface area contributed by atoms with Crippen molar-refractivity contribution in [3.63, 3.8) is 0 Å². The van der Waals surface area contributed by atoms with E-state index in [0.717, 1.165) is 41.0 Å². The monoisotopic (exact) mass is 313 g/mol. The molecule has 0 spiro atoms. The lowest BCUT2D eigenvalue weighted by Gasteiger charge is -2.14. The van der Waals surface area contributed by atoms with Crippen LogP contribution in [0.3, 0.4) is 0 Å². The lowest BCUT2D eigenvalue weighted by atomic mass is 10.2. The Bertz CT molecular complexity index is 394. The van der Waals surface area contributed by atoms with Crippen LogP contribution >= 0.6 is 15.9 Å². The predicted molar refractivity (Wildman–Crippen MR) is 78.4 cm³/mol. The summed E-state index contributed by atoms with van der Waals surface area (Å²) < 4.78 is 12.0. The fourth-order valence-corrected chi connectivity index (χ4v) is 2.13. The quantitative estimate of drug-likeness (QED) is 0.588. The Labute approximate surface area is 117 Å². The van der Waals surface area contributed by atoms with Gasteiger partial charge in [-0.15, -0.1) is 6.58 Å². The van der Waals surface area contributed by atoms with Crippen molar-refractivity contribution >= 4 is 15.9 Å². The van der Waals surface area contributed by atoms with Gasteiger partial charge in [0.15, 0.2) is 11.5 Å². The second kappa shape index (κ2) is 8.16. The molecule has 18 heavy (non-hydrogen) atoms. The molecule has 0 unspecified atom stereocenters. The summed E-state index contributed by atoms with van der Waals surface area (Å²) in [4.78, 5) is 0. The first-order chi connectivity index (χ1) is 8.72. The SMILES string of the molecule is C=CCCOc1c(Br)cc(CNCC)cc1OC. The molecule has 0 saturated carbocycles. The van der Waals surface area contributed by atoms with Gasteiger partial charge in [-0.2, -0.15) is 0 Å². The van der Waals surface area contributed by atoms with Gasteiger partial charge in [0.1, 0.15) is 0 Å². The Morgan fingerprint density at radius 2 is 2.22 bits per heavy atom. The molecule has 0 aliphatic heterocycles. The third-order valence-electron chi connectivity index (χ3n) is 2.44. The summed E-state index contributed by atoms with van der Waals surface area (Å²) in [5.41, 5.74) is 1.16. The Kier molecular flexibility index (Phi) is 6.83. The third-order valence-corrected chi connectivity index (χ3v) is 3.03. The highest BCUT2D eigenvalue weighted by atomic mass is 79.9. The van der Waals surface area contributed by atoms with Crippen molar-refractivity contribution < 1.29 is 9.47 Å². The highest BCUT2D eigenvalue weighted by Gasteiger charge is 2.11. The summed E-state index contributed by atoms with van der Waals surface area (Å²) in [6.45, 7) is 8.12. The maximum absolute atomic E-state index is 5.70. The van der Waals surface area contributed by atoms with E-state index in [9.17, 15) is 0 Å². The number of hydrogen-bond acceptors (Lipinski definition) is 3. The number of halogens is 1. The van der Waals surface area contributed by atoms with Crippen molar-refractivity contribution in [3.05, 3.63) is 34.8 Å². The van der Waals surface area contributed by atoms with Crippen LogP contribution in [-0.2, 0) is 6.54 Å². The van der Waals surface area contributed by atoms with E-state index in [1.165, 1.54) is 0 Å². The molecule has 0 atom stereocenters. The van der Waals surface area contributed by atoms with E-state index in [4.69, 9.17) is 9.47 Å². The number of benzene rings is 1. The van der Waals surface area contributed by atoms with E-state index in [1.54, 1.807) is 7.11 Å². The molecule has 0 saturated heterocycles. The van der Waals surface area contributed by atoms with Gasteiger partial charge >= 0.3 is 0 Å². The number of nitrogens with one attached hydrogen (secondary N) is 1. The first-order valence-corrected chi connectivity index (χ1v) is 6.83. The summed E-state index contributed by atoms with van der Waals surface area (Å²) >= 11 is 3.52. The van der Waals surface area contributed by atoms with Gasteiger partial charge in [0.25, 0.3) is 0 Å².